The van der Waals surface area contributed by atoms with Gasteiger partial charge in [-0.05, 0) is 19.8 Å². The Morgan fingerprint density at radius 1 is 1.35 bits per heavy atom. The largest absolute Gasteiger partial charge is 0.480 e. The lowest BCUT2D eigenvalue weighted by Crippen LogP contribution is -2.55. The second-order valence-corrected chi connectivity index (χ2v) is 4.98. The fourth-order valence-corrected chi connectivity index (χ4v) is 1.40. The van der Waals surface area contributed by atoms with Crippen LogP contribution < -0.4 is 10.6 Å². The van der Waals surface area contributed by atoms with Crippen LogP contribution in [0.15, 0.2) is 0 Å². The zero-order valence-corrected chi connectivity index (χ0v) is 11.0. The van der Waals surface area contributed by atoms with Crippen molar-refractivity contribution in [3.05, 3.63) is 0 Å². The molecule has 6 heteroatoms. The van der Waals surface area contributed by atoms with Crippen LogP contribution in [0, 0.1) is 5.92 Å². The van der Waals surface area contributed by atoms with Crippen LogP contribution in [-0.2, 0) is 9.53 Å². The monoisotopic (exact) mass is 246 g/mol. The van der Waals surface area contributed by atoms with Gasteiger partial charge in [-0.1, -0.05) is 13.8 Å². The number of hydrogen-bond acceptors (Lipinski definition) is 3. The lowest BCUT2D eigenvalue weighted by Gasteiger charge is -2.27. The molecule has 0 fully saturated rings. The standard InChI is InChI=1S/C11H22N2O4/c1-7(2)8(9(14)15)12-10(16)13-11(3,4)6-17-5/h7-8H,6H2,1-5H3,(H,14,15)(H2,12,13,16). The van der Waals surface area contributed by atoms with Crippen molar-refractivity contribution in [2.75, 3.05) is 13.7 Å². The predicted octanol–water partition coefficient (Wildman–Crippen LogP) is 0.820. The maximum absolute atomic E-state index is 11.6. The predicted molar refractivity (Wildman–Crippen MR) is 63.9 cm³/mol. The molecule has 0 rings (SSSR count). The number of nitrogens with one attached hydrogen (secondary N) is 2. The second-order valence-electron chi connectivity index (χ2n) is 4.98. The van der Waals surface area contributed by atoms with E-state index in [0.717, 1.165) is 0 Å². The Bertz CT molecular complexity index is 277. The first-order valence-electron chi connectivity index (χ1n) is 5.50. The van der Waals surface area contributed by atoms with E-state index in [4.69, 9.17) is 9.84 Å². The highest BCUT2D eigenvalue weighted by Gasteiger charge is 2.26. The maximum atomic E-state index is 11.6. The molecule has 100 valence electrons. The van der Waals surface area contributed by atoms with Gasteiger partial charge < -0.3 is 20.5 Å². The highest BCUT2D eigenvalue weighted by atomic mass is 16.5. The molecule has 0 aromatic carbocycles. The molecule has 17 heavy (non-hydrogen) atoms. The lowest BCUT2D eigenvalue weighted by molar-refractivity contribution is -0.140. The van der Waals surface area contributed by atoms with E-state index >= 15 is 0 Å². The van der Waals surface area contributed by atoms with E-state index in [2.05, 4.69) is 10.6 Å². The van der Waals surface area contributed by atoms with Crippen molar-refractivity contribution in [1.82, 2.24) is 10.6 Å². The molecule has 0 heterocycles. The maximum Gasteiger partial charge on any atom is 0.326 e. The van der Waals surface area contributed by atoms with Gasteiger partial charge in [0, 0.05) is 7.11 Å². The van der Waals surface area contributed by atoms with E-state index in [1.165, 1.54) is 7.11 Å². The molecule has 0 saturated heterocycles. The first-order valence-corrected chi connectivity index (χ1v) is 5.50. The van der Waals surface area contributed by atoms with Gasteiger partial charge in [-0.15, -0.1) is 0 Å². The molecular weight excluding hydrogens is 224 g/mol. The van der Waals surface area contributed by atoms with Crippen LogP contribution in [0.2, 0.25) is 0 Å². The number of ether oxygens (including phenoxy) is 1. The van der Waals surface area contributed by atoms with Crippen molar-refractivity contribution in [2.45, 2.75) is 39.3 Å². The smallest absolute Gasteiger partial charge is 0.326 e. The number of urea groups is 1. The number of carboxylic acids is 1. The third kappa shape index (κ3) is 6.11. The summed E-state index contributed by atoms with van der Waals surface area (Å²) in [5, 5.41) is 14.0. The average Bonchev–Trinajstić information content (AvgIpc) is 2.11. The molecule has 0 bridgehead atoms. The Morgan fingerprint density at radius 3 is 2.24 bits per heavy atom. The van der Waals surface area contributed by atoms with Crippen LogP contribution in [0.3, 0.4) is 0 Å². The summed E-state index contributed by atoms with van der Waals surface area (Å²) in [6.07, 6.45) is 0. The number of amides is 2. The van der Waals surface area contributed by atoms with Crippen molar-refractivity contribution in [3.63, 3.8) is 0 Å². The fourth-order valence-electron chi connectivity index (χ4n) is 1.40. The van der Waals surface area contributed by atoms with E-state index in [9.17, 15) is 9.59 Å². The molecule has 0 aliphatic carbocycles. The summed E-state index contributed by atoms with van der Waals surface area (Å²) in [4.78, 5) is 22.5. The molecule has 1 atom stereocenters. The van der Waals surface area contributed by atoms with Crippen molar-refractivity contribution in [1.29, 1.82) is 0 Å². The Labute approximate surface area is 102 Å². The van der Waals surface area contributed by atoms with Gasteiger partial charge in [0.25, 0.3) is 0 Å². The summed E-state index contributed by atoms with van der Waals surface area (Å²) in [5.41, 5.74) is -0.543. The topological polar surface area (TPSA) is 87.7 Å². The molecule has 0 radical (unpaired) electrons. The first kappa shape index (κ1) is 15.7. The summed E-state index contributed by atoms with van der Waals surface area (Å²) in [6.45, 7) is 7.40. The summed E-state index contributed by atoms with van der Waals surface area (Å²) in [7, 11) is 1.54. The second kappa shape index (κ2) is 6.44. The Kier molecular flexibility index (Phi) is 5.95. The molecule has 0 spiro atoms. The Morgan fingerprint density at radius 2 is 1.88 bits per heavy atom. The van der Waals surface area contributed by atoms with Gasteiger partial charge in [-0.2, -0.15) is 0 Å². The number of carboxylic acid groups (broad SMARTS) is 1. The van der Waals surface area contributed by atoms with Crippen LogP contribution in [0.5, 0.6) is 0 Å². The molecular formula is C11H22N2O4. The number of carbonyl (C=O) groups is 2. The van der Waals surface area contributed by atoms with Crippen LogP contribution in [0.25, 0.3) is 0 Å². The molecule has 0 aromatic heterocycles. The molecule has 0 aliphatic heterocycles. The van der Waals surface area contributed by atoms with Crippen LogP contribution in [0.1, 0.15) is 27.7 Å². The molecule has 6 nitrogen and oxygen atoms in total. The number of aliphatic carboxylic acids is 1. The van der Waals surface area contributed by atoms with E-state index < -0.39 is 23.6 Å². The van der Waals surface area contributed by atoms with Gasteiger partial charge in [0.05, 0.1) is 12.1 Å². The lowest BCUT2D eigenvalue weighted by atomic mass is 10.0. The van der Waals surface area contributed by atoms with E-state index in [1.807, 2.05) is 0 Å². The third-order valence-electron chi connectivity index (χ3n) is 2.18. The Balaban J connectivity index is 4.38. The molecule has 0 saturated carbocycles. The number of carbonyl (C=O) groups excluding carboxylic acids is 1. The van der Waals surface area contributed by atoms with Crippen molar-refractivity contribution in [2.24, 2.45) is 5.92 Å². The quantitative estimate of drug-likeness (QED) is 0.647. The normalized spacial score (nSPS) is 13.3. The molecule has 2 amide bonds. The first-order chi connectivity index (χ1) is 7.69. The van der Waals surface area contributed by atoms with E-state index in [-0.39, 0.29) is 5.92 Å². The summed E-state index contributed by atoms with van der Waals surface area (Å²) < 4.78 is 4.95. The highest BCUT2D eigenvalue weighted by molar-refractivity contribution is 5.83. The number of rotatable bonds is 6. The van der Waals surface area contributed by atoms with Gasteiger partial charge >= 0.3 is 12.0 Å². The summed E-state index contributed by atoms with van der Waals surface area (Å²) >= 11 is 0. The van der Waals surface area contributed by atoms with Crippen molar-refractivity contribution in [3.8, 4) is 0 Å². The van der Waals surface area contributed by atoms with Crippen LogP contribution >= 0.6 is 0 Å². The van der Waals surface area contributed by atoms with Gasteiger partial charge in [-0.3, -0.25) is 0 Å². The summed E-state index contributed by atoms with van der Waals surface area (Å²) in [5.74, 6) is -1.22. The SMILES string of the molecule is COCC(C)(C)NC(=O)NC(C(=O)O)C(C)C. The number of hydrogen-bond donors (Lipinski definition) is 3. The zero-order valence-electron chi connectivity index (χ0n) is 11.0. The minimum atomic E-state index is -1.04. The minimum absolute atomic E-state index is 0.177. The van der Waals surface area contributed by atoms with Gasteiger partial charge in [0.15, 0.2) is 0 Å². The average molecular weight is 246 g/mol. The fraction of sp³-hybridized carbons (Fsp3) is 0.818. The number of methoxy groups -OCH3 is 1. The van der Waals surface area contributed by atoms with Crippen LogP contribution in [0.4, 0.5) is 4.79 Å². The molecule has 3 N–H and O–H groups in total. The third-order valence-corrected chi connectivity index (χ3v) is 2.18. The molecule has 0 aliphatic rings. The molecule has 1 unspecified atom stereocenters. The Hall–Kier alpha value is -1.30. The van der Waals surface area contributed by atoms with E-state index in [1.54, 1.807) is 27.7 Å². The highest BCUT2D eigenvalue weighted by Crippen LogP contribution is 2.04. The van der Waals surface area contributed by atoms with Crippen LogP contribution in [-0.4, -0.2) is 42.4 Å². The van der Waals surface area contributed by atoms with Crippen molar-refractivity contribution >= 4 is 12.0 Å². The zero-order chi connectivity index (χ0) is 13.6. The summed E-state index contributed by atoms with van der Waals surface area (Å²) in [6, 6.07) is -1.40. The minimum Gasteiger partial charge on any atom is -0.480 e. The van der Waals surface area contributed by atoms with Gasteiger partial charge in [0.2, 0.25) is 0 Å². The van der Waals surface area contributed by atoms with Gasteiger partial charge in [0.1, 0.15) is 6.04 Å². The van der Waals surface area contributed by atoms with Crippen molar-refractivity contribution < 1.29 is 19.4 Å². The van der Waals surface area contributed by atoms with E-state index in [0.29, 0.717) is 6.61 Å². The van der Waals surface area contributed by atoms with Gasteiger partial charge in [-0.25, -0.2) is 9.59 Å². The molecule has 0 aromatic rings.